The number of ether oxygens (including phenoxy) is 4. The summed E-state index contributed by atoms with van der Waals surface area (Å²) in [7, 11) is 3.20. The van der Waals surface area contributed by atoms with Gasteiger partial charge in [0.2, 0.25) is 11.8 Å². The zero-order valence-electron chi connectivity index (χ0n) is 19.3. The first-order valence-electron chi connectivity index (χ1n) is 10.6. The van der Waals surface area contributed by atoms with Crippen molar-refractivity contribution in [3.05, 3.63) is 35.8 Å². The van der Waals surface area contributed by atoms with E-state index in [0.29, 0.717) is 49.4 Å². The van der Waals surface area contributed by atoms with Gasteiger partial charge in [0.1, 0.15) is 18.5 Å². The summed E-state index contributed by atoms with van der Waals surface area (Å²) in [5, 5.41) is 0. The minimum Gasteiger partial charge on any atom is -0.493 e. The van der Waals surface area contributed by atoms with Crippen LogP contribution < -0.4 is 14.2 Å². The smallest absolute Gasteiger partial charge is 0.233 e. The van der Waals surface area contributed by atoms with Crippen LogP contribution in [0.4, 0.5) is 0 Å². The SMILES string of the molecule is COc1ccc(SCC(=O)N2CCOC(COc3cc(C)nc(C(C)C)n3)C2)cc1OC. The molecule has 1 aliphatic rings. The van der Waals surface area contributed by atoms with Gasteiger partial charge in [-0.25, -0.2) is 4.98 Å². The molecule has 1 atom stereocenters. The van der Waals surface area contributed by atoms with Crippen molar-refractivity contribution >= 4 is 17.7 Å². The molecule has 3 rings (SSSR count). The molecule has 0 spiro atoms. The van der Waals surface area contributed by atoms with Gasteiger partial charge in [-0.05, 0) is 25.1 Å². The molecule has 0 N–H and O–H groups in total. The van der Waals surface area contributed by atoms with Crippen molar-refractivity contribution < 1.29 is 23.7 Å². The molecule has 0 radical (unpaired) electrons. The maximum atomic E-state index is 12.8. The van der Waals surface area contributed by atoms with Crippen LogP contribution in [0.1, 0.15) is 31.3 Å². The summed E-state index contributed by atoms with van der Waals surface area (Å²) >= 11 is 1.47. The Morgan fingerprint density at radius 1 is 1.22 bits per heavy atom. The van der Waals surface area contributed by atoms with Crippen molar-refractivity contribution in [3.8, 4) is 17.4 Å². The molecule has 0 aliphatic carbocycles. The Bertz CT molecular complexity index is 925. The zero-order chi connectivity index (χ0) is 23.1. The lowest BCUT2D eigenvalue weighted by atomic mass is 10.2. The standard InChI is InChI=1S/C23H31N3O5S/c1-15(2)23-24-16(3)10-21(25-23)31-13-17-12-26(8-9-30-17)22(27)14-32-18-6-7-19(28-4)20(11-18)29-5/h6-7,10-11,15,17H,8-9,12-14H2,1-5H3. The van der Waals surface area contributed by atoms with Crippen LogP contribution in [-0.4, -0.2) is 73.2 Å². The van der Waals surface area contributed by atoms with Gasteiger partial charge in [-0.3, -0.25) is 4.79 Å². The van der Waals surface area contributed by atoms with E-state index in [2.05, 4.69) is 9.97 Å². The lowest BCUT2D eigenvalue weighted by molar-refractivity contribution is -0.137. The van der Waals surface area contributed by atoms with Gasteiger partial charge >= 0.3 is 0 Å². The van der Waals surface area contributed by atoms with Crippen LogP contribution in [0.25, 0.3) is 0 Å². The Kier molecular flexibility index (Phi) is 8.58. The van der Waals surface area contributed by atoms with Crippen molar-refractivity contribution in [1.82, 2.24) is 14.9 Å². The van der Waals surface area contributed by atoms with Gasteiger partial charge in [-0.1, -0.05) is 13.8 Å². The number of carbonyl (C=O) groups excluding carboxylic acids is 1. The monoisotopic (exact) mass is 461 g/mol. The van der Waals surface area contributed by atoms with Crippen LogP contribution in [0, 0.1) is 6.92 Å². The highest BCUT2D eigenvalue weighted by atomic mass is 32.2. The Balaban J connectivity index is 1.51. The largest absolute Gasteiger partial charge is 0.493 e. The van der Waals surface area contributed by atoms with Gasteiger partial charge in [-0.15, -0.1) is 11.8 Å². The molecule has 174 valence electrons. The second-order valence-electron chi connectivity index (χ2n) is 7.81. The highest BCUT2D eigenvalue weighted by Gasteiger charge is 2.25. The first kappa shape index (κ1) is 24.1. The predicted molar refractivity (Wildman–Crippen MR) is 123 cm³/mol. The number of hydrogen-bond donors (Lipinski definition) is 0. The number of aryl methyl sites for hydroxylation is 1. The number of nitrogens with zero attached hydrogens (tertiary/aromatic N) is 3. The normalized spacial score (nSPS) is 16.2. The molecule has 1 unspecified atom stereocenters. The Labute approximate surface area is 193 Å². The van der Waals surface area contributed by atoms with E-state index in [1.807, 2.05) is 49.9 Å². The molecular formula is C23H31N3O5S. The minimum atomic E-state index is -0.198. The molecule has 0 bridgehead atoms. The third-order valence-corrected chi connectivity index (χ3v) is 5.97. The van der Waals surface area contributed by atoms with E-state index in [-0.39, 0.29) is 17.9 Å². The molecular weight excluding hydrogens is 430 g/mol. The molecule has 8 nitrogen and oxygen atoms in total. The van der Waals surface area contributed by atoms with Gasteiger partial charge in [0, 0.05) is 29.1 Å². The third-order valence-electron chi connectivity index (χ3n) is 4.99. The molecule has 1 saturated heterocycles. The number of thioether (sulfide) groups is 1. The Morgan fingerprint density at radius 2 is 2.00 bits per heavy atom. The molecule has 2 aromatic rings. The fourth-order valence-electron chi connectivity index (χ4n) is 3.26. The number of morpholine rings is 1. The summed E-state index contributed by atoms with van der Waals surface area (Å²) in [5.41, 5.74) is 0.868. The average Bonchev–Trinajstić information content (AvgIpc) is 2.80. The van der Waals surface area contributed by atoms with E-state index in [4.69, 9.17) is 18.9 Å². The second-order valence-corrected chi connectivity index (χ2v) is 8.86. The van der Waals surface area contributed by atoms with Gasteiger partial charge in [0.05, 0.1) is 33.1 Å². The molecule has 1 aromatic carbocycles. The zero-order valence-corrected chi connectivity index (χ0v) is 20.1. The van der Waals surface area contributed by atoms with Gasteiger partial charge in [-0.2, -0.15) is 4.98 Å². The first-order chi connectivity index (χ1) is 15.4. The second kappa shape index (κ2) is 11.4. The van der Waals surface area contributed by atoms with E-state index >= 15 is 0 Å². The van der Waals surface area contributed by atoms with E-state index in [1.165, 1.54) is 11.8 Å². The minimum absolute atomic E-state index is 0.0676. The fraction of sp³-hybridized carbons (Fsp3) is 0.522. The topological polar surface area (TPSA) is 83.0 Å². The van der Waals surface area contributed by atoms with Crippen molar-refractivity contribution in [2.75, 3.05) is 46.3 Å². The number of aromatic nitrogens is 2. The van der Waals surface area contributed by atoms with Crippen molar-refractivity contribution in [2.45, 2.75) is 37.7 Å². The van der Waals surface area contributed by atoms with Crippen LogP contribution in [0.5, 0.6) is 17.4 Å². The Morgan fingerprint density at radius 3 is 2.72 bits per heavy atom. The van der Waals surface area contributed by atoms with Crippen LogP contribution in [0.3, 0.4) is 0 Å². The maximum absolute atomic E-state index is 12.8. The Hall–Kier alpha value is -2.52. The number of amides is 1. The summed E-state index contributed by atoms with van der Waals surface area (Å²) in [6.45, 7) is 7.91. The van der Waals surface area contributed by atoms with Gasteiger partial charge < -0.3 is 23.8 Å². The van der Waals surface area contributed by atoms with E-state index < -0.39 is 0 Å². The summed E-state index contributed by atoms with van der Waals surface area (Å²) in [6.07, 6.45) is -0.198. The lowest BCUT2D eigenvalue weighted by Gasteiger charge is -2.32. The number of methoxy groups -OCH3 is 2. The van der Waals surface area contributed by atoms with E-state index in [1.54, 1.807) is 14.2 Å². The summed E-state index contributed by atoms with van der Waals surface area (Å²) in [4.78, 5) is 24.4. The molecule has 1 aliphatic heterocycles. The van der Waals surface area contributed by atoms with Crippen LogP contribution in [0.15, 0.2) is 29.2 Å². The molecule has 1 aromatic heterocycles. The molecule has 32 heavy (non-hydrogen) atoms. The van der Waals surface area contributed by atoms with Crippen LogP contribution in [0.2, 0.25) is 0 Å². The third kappa shape index (κ3) is 6.49. The molecule has 1 amide bonds. The maximum Gasteiger partial charge on any atom is 0.233 e. The van der Waals surface area contributed by atoms with Gasteiger partial charge in [0.15, 0.2) is 11.5 Å². The fourth-order valence-corrected chi connectivity index (χ4v) is 4.09. The molecule has 1 fully saturated rings. The number of hydrogen-bond acceptors (Lipinski definition) is 8. The number of rotatable bonds is 9. The van der Waals surface area contributed by atoms with E-state index in [9.17, 15) is 4.79 Å². The lowest BCUT2D eigenvalue weighted by Crippen LogP contribution is -2.48. The highest BCUT2D eigenvalue weighted by Crippen LogP contribution is 2.32. The summed E-state index contributed by atoms with van der Waals surface area (Å²) < 4.78 is 22.3. The van der Waals surface area contributed by atoms with Crippen molar-refractivity contribution in [3.63, 3.8) is 0 Å². The molecule has 2 heterocycles. The summed E-state index contributed by atoms with van der Waals surface area (Å²) in [6, 6.07) is 7.46. The van der Waals surface area contributed by atoms with Gasteiger partial charge in [0.25, 0.3) is 0 Å². The van der Waals surface area contributed by atoms with Crippen molar-refractivity contribution in [2.24, 2.45) is 0 Å². The van der Waals surface area contributed by atoms with Crippen molar-refractivity contribution in [1.29, 1.82) is 0 Å². The average molecular weight is 462 g/mol. The van der Waals surface area contributed by atoms with E-state index in [0.717, 1.165) is 16.4 Å². The molecule has 9 heteroatoms. The predicted octanol–water partition coefficient (Wildman–Crippen LogP) is 3.32. The molecule has 0 saturated carbocycles. The summed E-state index contributed by atoms with van der Waals surface area (Å²) in [5.74, 6) is 3.24. The quantitative estimate of drug-likeness (QED) is 0.526. The van der Waals surface area contributed by atoms with Crippen LogP contribution in [-0.2, 0) is 9.53 Å². The number of carbonyl (C=O) groups is 1. The highest BCUT2D eigenvalue weighted by molar-refractivity contribution is 8.00. The number of benzene rings is 1. The van der Waals surface area contributed by atoms with Crippen LogP contribution >= 0.6 is 11.8 Å². The first-order valence-corrected chi connectivity index (χ1v) is 11.6.